The Hall–Kier alpha value is -11.5. The molecule has 0 atom stereocenters. The number of methoxy groups -OCH3 is 6. The van der Waals surface area contributed by atoms with Gasteiger partial charge in [-0.1, -0.05) is 6.92 Å². The van der Waals surface area contributed by atoms with Gasteiger partial charge >= 0.3 is 53.7 Å². The zero-order chi connectivity index (χ0) is 80.8. The number of hydrogen-bond donors (Lipinski definition) is 2. The molecule has 2 N–H and O–H groups in total. The summed E-state index contributed by atoms with van der Waals surface area (Å²) in [5.74, 6) is 3.14. The molecule has 0 saturated heterocycles. The number of aryl methyl sites for hydroxylation is 3. The van der Waals surface area contributed by atoms with Crippen LogP contribution in [0.15, 0.2) is 149 Å². The summed E-state index contributed by atoms with van der Waals surface area (Å²) < 4.78 is 107. The number of ether oxygens (including phenoxy) is 13. The molecule has 108 heavy (non-hydrogen) atoms. The third-order valence-corrected chi connectivity index (χ3v) is 12.1. The van der Waals surface area contributed by atoms with Crippen molar-refractivity contribution in [2.75, 3.05) is 88.9 Å². The van der Waals surface area contributed by atoms with E-state index in [-0.39, 0.29) is 71.0 Å². The van der Waals surface area contributed by atoms with E-state index < -0.39 is 47.8 Å². The highest BCUT2D eigenvalue weighted by Crippen LogP contribution is 2.16. The van der Waals surface area contributed by atoms with Gasteiger partial charge in [0.25, 0.3) is 0 Å². The molecule has 0 unspecified atom stereocenters. The Morgan fingerprint density at radius 1 is 0.269 bits per heavy atom. The molecule has 0 amide bonds. The van der Waals surface area contributed by atoms with E-state index in [9.17, 15) is 43.2 Å². The van der Waals surface area contributed by atoms with Gasteiger partial charge in [0.05, 0.1) is 61.5 Å². The van der Waals surface area contributed by atoms with Gasteiger partial charge in [-0.25, -0.2) is 43.2 Å². The zero-order valence-corrected chi connectivity index (χ0v) is 63.3. The van der Waals surface area contributed by atoms with Crippen LogP contribution in [-0.4, -0.2) is 153 Å². The first kappa shape index (κ1) is 94.5. The molecule has 0 radical (unpaired) electrons. The highest BCUT2D eigenvalue weighted by atomic mass is 16.6. The van der Waals surface area contributed by atoms with E-state index in [4.69, 9.17) is 87.9 Å². The van der Waals surface area contributed by atoms with E-state index >= 15 is 0 Å². The van der Waals surface area contributed by atoms with Crippen LogP contribution in [0.5, 0.6) is 0 Å². The second-order valence-electron chi connectivity index (χ2n) is 20.3. The molecule has 0 fully saturated rings. The maximum Gasteiger partial charge on any atom is 0.374 e. The second-order valence-corrected chi connectivity index (χ2v) is 20.3. The smallest absolute Gasteiger partial charge is 0.374 e. The molecule has 9 aromatic heterocycles. The molecular formula is C75H96O33. The van der Waals surface area contributed by atoms with Crippen molar-refractivity contribution in [2.45, 2.75) is 115 Å². The molecule has 0 aliphatic heterocycles. The fraction of sp³-hybridized carbons (Fsp3) is 0.400. The van der Waals surface area contributed by atoms with Gasteiger partial charge in [-0.15, -0.1) is 0 Å². The molecule has 594 valence electrons. The number of furan rings is 9. The normalized spacial score (nSPS) is 9.83. The summed E-state index contributed by atoms with van der Waals surface area (Å²) in [7, 11) is 8.32. The number of hydrogen-bond acceptors (Lipinski definition) is 33. The second kappa shape index (κ2) is 55.9. The molecule has 0 spiro atoms. The van der Waals surface area contributed by atoms with Crippen molar-refractivity contribution in [2.24, 2.45) is 0 Å². The lowest BCUT2D eigenvalue weighted by atomic mass is 10.4. The van der Waals surface area contributed by atoms with Crippen LogP contribution in [0.25, 0.3) is 0 Å². The topological polar surface area (TPSA) is 432 Å². The van der Waals surface area contributed by atoms with Crippen LogP contribution in [0.2, 0.25) is 0 Å². The molecule has 0 saturated carbocycles. The van der Waals surface area contributed by atoms with Gasteiger partial charge in [-0.2, -0.15) is 0 Å². The first-order valence-corrected chi connectivity index (χ1v) is 33.1. The predicted molar refractivity (Wildman–Crippen MR) is 376 cm³/mol. The van der Waals surface area contributed by atoms with Gasteiger partial charge in [0.2, 0.25) is 51.8 Å². The summed E-state index contributed by atoms with van der Waals surface area (Å²) in [4.78, 5) is 98.6. The summed E-state index contributed by atoms with van der Waals surface area (Å²) in [6.45, 7) is 22.2. The monoisotopic (exact) mass is 1520 g/mol. The van der Waals surface area contributed by atoms with Crippen LogP contribution in [0.1, 0.15) is 202 Å². The SMILES string of the molecule is CCCOC(=O)c1ccc(C)o1.CCOC(=O)c1ccc(C)o1.CCOC(=O)c1ccc(CO)o1.CCOC(=O)c1ccc(COC)o1.CCOCc1ccc(C(=O)OC)o1.CCOCc1ccc(C(=O)OCC)o1.COC(=O)c1ccc(C)o1.COC(=O)c1ccc(CO)o1.COCc1ccc(C(=O)OC)o1. The Kier molecular flexibility index (Phi) is 48.9. The molecule has 0 aliphatic rings. The van der Waals surface area contributed by atoms with Crippen LogP contribution in [0.3, 0.4) is 0 Å². The summed E-state index contributed by atoms with van der Waals surface area (Å²) >= 11 is 0. The van der Waals surface area contributed by atoms with E-state index in [2.05, 4.69) is 23.7 Å². The molecule has 33 heteroatoms. The molecule has 9 rings (SSSR count). The lowest BCUT2D eigenvalue weighted by molar-refractivity contribution is 0.0461. The first-order chi connectivity index (χ1) is 51.9. The van der Waals surface area contributed by atoms with Gasteiger partial charge in [0.1, 0.15) is 91.5 Å². The van der Waals surface area contributed by atoms with Crippen LogP contribution in [-0.2, 0) is 101 Å². The van der Waals surface area contributed by atoms with Crippen molar-refractivity contribution in [1.82, 2.24) is 0 Å². The van der Waals surface area contributed by atoms with Crippen molar-refractivity contribution in [3.8, 4) is 0 Å². The van der Waals surface area contributed by atoms with Crippen molar-refractivity contribution in [3.63, 3.8) is 0 Å². The van der Waals surface area contributed by atoms with Crippen molar-refractivity contribution in [1.29, 1.82) is 0 Å². The Labute approximate surface area is 623 Å². The molecule has 0 aromatic carbocycles. The standard InChI is InChI=1S/C10H14O4.2C9H12O4.C9H12O3.2C8H10O4.C8H10O3.C7H8O4.C7H8O3/c1-3-12-7-8-5-6-9(14-8)10(11)13-4-2;1-3-12-6-7-4-5-8(13-7)9(10)11-2;1-3-12-9(10)8-5-4-7(13-8)6-11-2;1-3-6-11-9(10)8-5-4-7(2)12-8;1-10-5-6-3-4-7(12-6)8(9)11-2;1-2-11-8(10)7-4-3-6(5-9)12-7;1-3-10-8(9)7-5-4-6(2)11-7;1-10-7(9)6-3-2-5(4-8)11-6;1-5-3-4-6(10-5)7(8)9-2/h5-6H,3-4,7H2,1-2H3;2*4-5H,3,6H2,1-2H3;4-5H,3,6H2,1-2H3;3-4H,5H2,1-2H3;3-4,9H,2,5H2,1H3;4-5H,3H2,1-2H3;2-3,8H,4H2,1H3;3-4H,1-2H3. The van der Waals surface area contributed by atoms with Gasteiger partial charge in [-0.05, 0) is 178 Å². The quantitative estimate of drug-likeness (QED) is 0.0356. The van der Waals surface area contributed by atoms with Crippen molar-refractivity contribution in [3.05, 3.63) is 213 Å². The van der Waals surface area contributed by atoms with Gasteiger partial charge in [0, 0.05) is 27.4 Å². The minimum Gasteiger partial charge on any atom is -0.463 e. The Morgan fingerprint density at radius 2 is 0.481 bits per heavy atom. The minimum atomic E-state index is -0.537. The third kappa shape index (κ3) is 38.0. The average molecular weight is 1530 g/mol. The molecule has 9 heterocycles. The Morgan fingerprint density at radius 3 is 0.685 bits per heavy atom. The van der Waals surface area contributed by atoms with Crippen LogP contribution in [0, 0.1) is 20.8 Å². The fourth-order valence-electron chi connectivity index (χ4n) is 7.21. The van der Waals surface area contributed by atoms with E-state index in [0.717, 1.165) is 12.2 Å². The molecular weight excluding hydrogens is 1430 g/mol. The fourth-order valence-corrected chi connectivity index (χ4v) is 7.21. The first-order valence-electron chi connectivity index (χ1n) is 33.1. The predicted octanol–water partition coefficient (Wildman–Crippen LogP) is 13.2. The average Bonchev–Trinajstić information content (AvgIpc) is 1.86. The van der Waals surface area contributed by atoms with E-state index in [1.54, 1.807) is 148 Å². The van der Waals surface area contributed by atoms with Gasteiger partial charge in [0.15, 0.2) is 0 Å². The summed E-state index contributed by atoms with van der Waals surface area (Å²) in [6.07, 6.45) is 0.825. The maximum atomic E-state index is 11.2. The largest absolute Gasteiger partial charge is 0.463 e. The third-order valence-electron chi connectivity index (χ3n) is 12.1. The number of aliphatic hydroxyl groups is 2. The highest BCUT2D eigenvalue weighted by molar-refractivity contribution is 5.89. The maximum absolute atomic E-state index is 11.2. The van der Waals surface area contributed by atoms with Gasteiger partial charge < -0.3 is 112 Å². The number of carbonyl (C=O) groups is 9. The highest BCUT2D eigenvalue weighted by Gasteiger charge is 2.17. The van der Waals surface area contributed by atoms with E-state index in [1.165, 1.54) is 52.7 Å². The Balaban J connectivity index is 0.000000608. The molecule has 0 bridgehead atoms. The van der Waals surface area contributed by atoms with Crippen LogP contribution >= 0.6 is 0 Å². The zero-order valence-electron chi connectivity index (χ0n) is 63.3. The van der Waals surface area contributed by atoms with Crippen LogP contribution < -0.4 is 0 Å². The number of esters is 9. The molecule has 9 aromatic rings. The summed E-state index contributed by atoms with van der Waals surface area (Å²) in [5.41, 5.74) is 0. The van der Waals surface area contributed by atoms with E-state index in [0.29, 0.717) is 119 Å². The lowest BCUT2D eigenvalue weighted by Gasteiger charge is -1.98. The summed E-state index contributed by atoms with van der Waals surface area (Å²) in [5, 5.41) is 17.2. The van der Waals surface area contributed by atoms with Gasteiger partial charge in [-0.3, -0.25) is 0 Å². The molecule has 0 aliphatic carbocycles. The number of carbonyl (C=O) groups excluding carboxylic acids is 9. The van der Waals surface area contributed by atoms with Crippen LogP contribution in [0.4, 0.5) is 0 Å². The minimum absolute atomic E-state index is 0.108. The van der Waals surface area contributed by atoms with Crippen molar-refractivity contribution >= 4 is 53.7 Å². The van der Waals surface area contributed by atoms with Crippen molar-refractivity contribution < 1.29 is 155 Å². The van der Waals surface area contributed by atoms with E-state index in [1.807, 2.05) is 20.8 Å². The number of aliphatic hydroxyl groups excluding tert-OH is 2. The lowest BCUT2D eigenvalue weighted by Crippen LogP contribution is -2.04. The molecule has 33 nitrogen and oxygen atoms in total. The number of rotatable bonds is 27. The summed E-state index contributed by atoms with van der Waals surface area (Å²) in [6, 6.07) is 29.0. The Bertz CT molecular complexity index is 3980.